The monoisotopic (exact) mass is 581 g/mol. The Morgan fingerprint density at radius 3 is 2.56 bits per heavy atom. The minimum Gasteiger partial charge on any atom is -0.463 e. The maximum Gasteiger partial charge on any atom is 0.434 e. The summed E-state index contributed by atoms with van der Waals surface area (Å²) in [5.41, 5.74) is -3.53. The zero-order valence-corrected chi connectivity index (χ0v) is 21.2. The Labute approximate surface area is 225 Å². The molecule has 2 aliphatic rings. The molecule has 0 amide bonds. The van der Waals surface area contributed by atoms with Gasteiger partial charge in [-0.15, -0.1) is 0 Å². The second-order valence-corrected chi connectivity index (χ2v) is 9.58. The van der Waals surface area contributed by atoms with Crippen molar-refractivity contribution in [3.8, 4) is 11.5 Å². The number of halogens is 4. The Bertz CT molecular complexity index is 1730. The van der Waals surface area contributed by atoms with Crippen molar-refractivity contribution in [3.05, 3.63) is 93.6 Å². The molecule has 1 aromatic heterocycles. The van der Waals surface area contributed by atoms with E-state index in [2.05, 4.69) is 4.99 Å². The van der Waals surface area contributed by atoms with Crippen molar-refractivity contribution in [1.82, 2.24) is 4.57 Å². The van der Waals surface area contributed by atoms with Crippen LogP contribution in [0.15, 0.2) is 57.5 Å². The number of allylic oxidation sites excluding steroid dienone is 1. The molecule has 0 radical (unpaired) electrons. The third kappa shape index (κ3) is 4.76. The van der Waals surface area contributed by atoms with Crippen molar-refractivity contribution in [2.75, 3.05) is 13.4 Å². The number of rotatable bonds is 5. The Balaban J connectivity index is 1.80. The molecule has 0 unspecified atom stereocenters. The lowest BCUT2D eigenvalue weighted by Gasteiger charge is -2.26. The fourth-order valence-corrected chi connectivity index (χ4v) is 5.28. The zero-order valence-electron chi connectivity index (χ0n) is 19.7. The SMILES string of the molecule is CCOC(=O)C1=C(C(F)(F)F)N=c2s/c(=C\c3cc4c(cc3[N+](=O)[O-])OCO4)c(=O)n2[C@H]1c1ccc(Cl)cc1. The molecule has 1 atom stereocenters. The van der Waals surface area contributed by atoms with Gasteiger partial charge in [0.15, 0.2) is 22.0 Å². The molecule has 3 heterocycles. The predicted octanol–water partition coefficient (Wildman–Crippen LogP) is 3.63. The minimum absolute atomic E-state index is 0.0433. The van der Waals surface area contributed by atoms with Crippen molar-refractivity contribution in [3.63, 3.8) is 0 Å². The molecule has 0 N–H and O–H groups in total. The third-order valence-electron chi connectivity index (χ3n) is 5.79. The van der Waals surface area contributed by atoms with E-state index in [0.717, 1.165) is 16.7 Å². The van der Waals surface area contributed by atoms with Crippen molar-refractivity contribution in [1.29, 1.82) is 0 Å². The number of esters is 1. The van der Waals surface area contributed by atoms with Crippen LogP contribution in [0, 0.1) is 10.1 Å². The van der Waals surface area contributed by atoms with Gasteiger partial charge >= 0.3 is 12.1 Å². The van der Waals surface area contributed by atoms with Gasteiger partial charge in [-0.1, -0.05) is 35.1 Å². The van der Waals surface area contributed by atoms with E-state index in [-0.39, 0.29) is 50.4 Å². The standard InChI is InChI=1S/C24H15ClF3N3O7S/c1-2-36-22(33)18-19(11-3-5-13(25)6-4-11)30-21(32)17(39-23(30)29-20(18)24(26,27)28)8-12-7-15-16(38-10-37-15)9-14(12)31(34)35/h3-9,19H,2,10H2,1H3/b17-8-/t19-/m0/s1. The number of carbonyl (C=O) groups excluding carboxylic acids is 1. The van der Waals surface area contributed by atoms with Crippen LogP contribution in [-0.4, -0.2) is 35.0 Å². The second-order valence-electron chi connectivity index (χ2n) is 8.14. The van der Waals surface area contributed by atoms with E-state index >= 15 is 0 Å². The van der Waals surface area contributed by atoms with Gasteiger partial charge in [-0.2, -0.15) is 13.2 Å². The topological polar surface area (TPSA) is 122 Å². The quantitative estimate of drug-likeness (QED) is 0.256. The summed E-state index contributed by atoms with van der Waals surface area (Å²) < 4.78 is 58.7. The Hall–Kier alpha value is -4.17. The fraction of sp³-hybridized carbons (Fsp3) is 0.208. The van der Waals surface area contributed by atoms with Gasteiger partial charge in [0.2, 0.25) is 6.79 Å². The number of thiazole rings is 1. The number of nitro groups is 1. The first-order chi connectivity index (χ1) is 18.5. The van der Waals surface area contributed by atoms with Crippen LogP contribution in [0.4, 0.5) is 18.9 Å². The number of fused-ring (bicyclic) bond motifs is 2. The normalized spacial score (nSPS) is 16.6. The highest BCUT2D eigenvalue weighted by Gasteiger charge is 2.45. The van der Waals surface area contributed by atoms with Gasteiger partial charge in [0.1, 0.15) is 0 Å². The van der Waals surface area contributed by atoms with Crippen LogP contribution in [0.5, 0.6) is 11.5 Å². The summed E-state index contributed by atoms with van der Waals surface area (Å²) in [6, 6.07) is 6.42. The van der Waals surface area contributed by atoms with Gasteiger partial charge in [-0.3, -0.25) is 19.5 Å². The molecule has 0 saturated heterocycles. The summed E-state index contributed by atoms with van der Waals surface area (Å²) in [7, 11) is 0. The smallest absolute Gasteiger partial charge is 0.434 e. The highest BCUT2D eigenvalue weighted by atomic mass is 35.5. The predicted molar refractivity (Wildman–Crippen MR) is 131 cm³/mol. The molecule has 0 bridgehead atoms. The zero-order chi connectivity index (χ0) is 28.1. The third-order valence-corrected chi connectivity index (χ3v) is 7.02. The van der Waals surface area contributed by atoms with Crippen LogP contribution >= 0.6 is 22.9 Å². The maximum absolute atomic E-state index is 14.2. The molecule has 202 valence electrons. The number of nitrogens with zero attached hydrogens (tertiary/aromatic N) is 3. The summed E-state index contributed by atoms with van der Waals surface area (Å²) in [6.07, 6.45) is -3.91. The molecule has 39 heavy (non-hydrogen) atoms. The van der Waals surface area contributed by atoms with E-state index in [1.54, 1.807) is 0 Å². The van der Waals surface area contributed by atoms with E-state index in [4.69, 9.17) is 25.8 Å². The van der Waals surface area contributed by atoms with E-state index in [0.29, 0.717) is 11.3 Å². The molecule has 2 aliphatic heterocycles. The molecular formula is C24H15ClF3N3O7S. The van der Waals surface area contributed by atoms with Crippen molar-refractivity contribution in [2.45, 2.75) is 19.1 Å². The van der Waals surface area contributed by atoms with Crippen molar-refractivity contribution in [2.24, 2.45) is 4.99 Å². The molecule has 15 heteroatoms. The summed E-state index contributed by atoms with van der Waals surface area (Å²) in [4.78, 5) is 40.8. The molecular weight excluding hydrogens is 567 g/mol. The molecule has 3 aromatic rings. The fourth-order valence-electron chi connectivity index (χ4n) is 4.16. The molecule has 0 aliphatic carbocycles. The van der Waals surface area contributed by atoms with E-state index in [1.807, 2.05) is 0 Å². The van der Waals surface area contributed by atoms with Crippen LogP contribution in [0.1, 0.15) is 24.1 Å². The number of alkyl halides is 3. The molecule has 10 nitrogen and oxygen atoms in total. The van der Waals surface area contributed by atoms with Gasteiger partial charge in [-0.25, -0.2) is 9.79 Å². The average molecular weight is 582 g/mol. The molecule has 0 fully saturated rings. The van der Waals surface area contributed by atoms with Gasteiger partial charge in [0, 0.05) is 5.02 Å². The van der Waals surface area contributed by atoms with Crippen LogP contribution in [0.3, 0.4) is 0 Å². The van der Waals surface area contributed by atoms with Crippen molar-refractivity contribution >= 4 is 40.7 Å². The molecule has 0 saturated carbocycles. The van der Waals surface area contributed by atoms with E-state index in [1.165, 1.54) is 37.3 Å². The highest BCUT2D eigenvalue weighted by Crippen LogP contribution is 2.40. The molecule has 0 spiro atoms. The lowest BCUT2D eigenvalue weighted by molar-refractivity contribution is -0.385. The number of benzene rings is 2. The molecule has 5 rings (SSSR count). The summed E-state index contributed by atoms with van der Waals surface area (Å²) in [6.45, 7) is 1.05. The van der Waals surface area contributed by atoms with Crippen LogP contribution in [0.2, 0.25) is 5.02 Å². The lowest BCUT2D eigenvalue weighted by Crippen LogP contribution is -2.41. The first-order valence-electron chi connectivity index (χ1n) is 11.1. The Morgan fingerprint density at radius 2 is 1.95 bits per heavy atom. The first-order valence-corrected chi connectivity index (χ1v) is 12.3. The number of nitro benzene ring substituents is 1. The van der Waals surface area contributed by atoms with E-state index in [9.17, 15) is 32.9 Å². The average Bonchev–Trinajstić information content (AvgIpc) is 3.46. The number of hydrogen-bond acceptors (Lipinski definition) is 9. The summed E-state index contributed by atoms with van der Waals surface area (Å²) in [5.74, 6) is -0.964. The number of aromatic nitrogens is 1. The lowest BCUT2D eigenvalue weighted by atomic mass is 9.95. The largest absolute Gasteiger partial charge is 0.463 e. The van der Waals surface area contributed by atoms with Crippen molar-refractivity contribution < 1.29 is 37.1 Å². The maximum atomic E-state index is 14.2. The summed E-state index contributed by atoms with van der Waals surface area (Å²) in [5, 5.41) is 12.0. The van der Waals surface area contributed by atoms with Gasteiger partial charge in [0.25, 0.3) is 11.2 Å². The van der Waals surface area contributed by atoms with Crippen LogP contribution in [0.25, 0.3) is 6.08 Å². The minimum atomic E-state index is -5.07. The Morgan fingerprint density at radius 1 is 1.28 bits per heavy atom. The highest BCUT2D eigenvalue weighted by molar-refractivity contribution is 7.07. The number of ether oxygens (including phenoxy) is 3. The summed E-state index contributed by atoms with van der Waals surface area (Å²) >= 11 is 6.54. The van der Waals surface area contributed by atoms with Gasteiger partial charge in [0.05, 0.1) is 39.3 Å². The van der Waals surface area contributed by atoms with Gasteiger partial charge < -0.3 is 14.2 Å². The first kappa shape index (κ1) is 26.4. The van der Waals surface area contributed by atoms with Gasteiger partial charge in [-0.05, 0) is 36.8 Å². The Kier molecular flexibility index (Phi) is 6.68. The number of hydrogen-bond donors (Lipinski definition) is 0. The molecule has 2 aromatic carbocycles. The van der Waals surface area contributed by atoms with Crippen LogP contribution in [-0.2, 0) is 9.53 Å². The van der Waals surface area contributed by atoms with Crippen LogP contribution < -0.4 is 24.4 Å². The second kappa shape index (κ2) is 9.85. The number of carbonyl (C=O) groups is 1. The van der Waals surface area contributed by atoms with E-state index < -0.39 is 45.6 Å².